The summed E-state index contributed by atoms with van der Waals surface area (Å²) in [4.78, 5) is 29.2. The number of aliphatic hydroxyl groups is 1. The summed E-state index contributed by atoms with van der Waals surface area (Å²) >= 11 is 0. The Morgan fingerprint density at radius 2 is 1.94 bits per heavy atom. The van der Waals surface area contributed by atoms with Gasteiger partial charge in [-0.05, 0) is 49.3 Å². The number of unbranched alkanes of at least 4 members (excludes halogenated alkanes) is 1. The van der Waals surface area contributed by atoms with Gasteiger partial charge in [0.05, 0.1) is 17.4 Å². The van der Waals surface area contributed by atoms with Crippen LogP contribution in [0.2, 0.25) is 0 Å². The number of anilines is 1. The normalized spacial score (nSPS) is 18.2. The summed E-state index contributed by atoms with van der Waals surface area (Å²) in [6.07, 6.45) is -2.46. The highest BCUT2D eigenvalue weighted by Gasteiger charge is 2.37. The summed E-state index contributed by atoms with van der Waals surface area (Å²) in [5, 5.41) is 15.6. The van der Waals surface area contributed by atoms with E-state index in [0.717, 1.165) is 18.2 Å². The van der Waals surface area contributed by atoms with Crippen LogP contribution in [0.1, 0.15) is 85.4 Å². The maximum Gasteiger partial charge on any atom is 0.418 e. The fourth-order valence-corrected chi connectivity index (χ4v) is 4.63. The van der Waals surface area contributed by atoms with Crippen LogP contribution in [-0.2, 0) is 17.4 Å². The van der Waals surface area contributed by atoms with E-state index in [1.165, 1.54) is 18.2 Å². The lowest BCUT2D eigenvalue weighted by Gasteiger charge is -2.33. The van der Waals surface area contributed by atoms with Crippen LogP contribution in [0.25, 0.3) is 0 Å². The zero-order valence-electron chi connectivity index (χ0n) is 19.9. The summed E-state index contributed by atoms with van der Waals surface area (Å²) in [5.41, 5.74) is 0.936. The number of rotatable bonds is 7. The number of para-hydroxylation sites is 1. The smallest absolute Gasteiger partial charge is 0.388 e. The number of aromatic nitrogens is 1. The van der Waals surface area contributed by atoms with Crippen LogP contribution in [0.15, 0.2) is 24.3 Å². The first-order chi connectivity index (χ1) is 15.8. The highest BCUT2D eigenvalue weighted by molar-refractivity contribution is 6.01. The number of hydrogen-bond acceptors (Lipinski definition) is 3. The molecule has 4 N–H and O–H groups in total. The number of fused-ring (bicyclic) bond motifs is 1. The van der Waals surface area contributed by atoms with Crippen LogP contribution in [-0.4, -0.2) is 27.9 Å². The molecule has 1 heterocycles. The fourth-order valence-electron chi connectivity index (χ4n) is 4.63. The van der Waals surface area contributed by atoms with E-state index in [4.69, 9.17) is 0 Å². The van der Waals surface area contributed by atoms with E-state index < -0.39 is 35.7 Å². The second-order valence-corrected chi connectivity index (χ2v) is 9.78. The molecule has 1 aliphatic rings. The Morgan fingerprint density at radius 1 is 1.26 bits per heavy atom. The van der Waals surface area contributed by atoms with Crippen LogP contribution in [0.4, 0.5) is 18.9 Å². The van der Waals surface area contributed by atoms with E-state index in [2.05, 4.69) is 15.6 Å². The van der Waals surface area contributed by atoms with Gasteiger partial charge in [0.25, 0.3) is 5.91 Å². The number of amides is 2. The SMILES string of the molecule is CCCCC(NC(=O)c1[nH]c2c(c1C)C(O)CC(C)(C)C2)C(=O)Nc1ccccc1C(F)(F)F. The van der Waals surface area contributed by atoms with Gasteiger partial charge in [-0.2, -0.15) is 13.2 Å². The summed E-state index contributed by atoms with van der Waals surface area (Å²) in [6.45, 7) is 7.74. The molecule has 1 aliphatic carbocycles. The van der Waals surface area contributed by atoms with Crippen LogP contribution >= 0.6 is 0 Å². The Morgan fingerprint density at radius 3 is 2.59 bits per heavy atom. The number of nitrogens with one attached hydrogen (secondary N) is 3. The molecule has 3 rings (SSSR count). The van der Waals surface area contributed by atoms with Gasteiger partial charge in [-0.3, -0.25) is 9.59 Å². The quantitative estimate of drug-likeness (QED) is 0.436. The van der Waals surface area contributed by atoms with Crippen molar-refractivity contribution in [3.8, 4) is 0 Å². The molecule has 34 heavy (non-hydrogen) atoms. The zero-order chi connectivity index (χ0) is 25.3. The molecular formula is C25H32F3N3O3. The van der Waals surface area contributed by atoms with E-state index >= 15 is 0 Å². The molecule has 0 bridgehead atoms. The zero-order valence-corrected chi connectivity index (χ0v) is 19.9. The molecule has 0 radical (unpaired) electrons. The number of H-pyrrole nitrogens is 1. The first-order valence-electron chi connectivity index (χ1n) is 11.5. The van der Waals surface area contributed by atoms with Crippen LogP contribution in [0, 0.1) is 12.3 Å². The van der Waals surface area contributed by atoms with Gasteiger partial charge in [0.15, 0.2) is 0 Å². The summed E-state index contributed by atoms with van der Waals surface area (Å²) < 4.78 is 40.0. The van der Waals surface area contributed by atoms with Crippen LogP contribution in [0.5, 0.6) is 0 Å². The molecule has 2 atom stereocenters. The molecular weight excluding hydrogens is 447 g/mol. The molecule has 2 amide bonds. The van der Waals surface area contributed by atoms with Gasteiger partial charge in [-0.1, -0.05) is 45.7 Å². The van der Waals surface area contributed by atoms with Gasteiger partial charge in [0, 0.05) is 11.3 Å². The number of benzene rings is 1. The monoisotopic (exact) mass is 479 g/mol. The molecule has 0 spiro atoms. The van der Waals surface area contributed by atoms with Crippen molar-refractivity contribution in [2.75, 3.05) is 5.32 Å². The van der Waals surface area contributed by atoms with Gasteiger partial charge in [-0.25, -0.2) is 0 Å². The molecule has 9 heteroatoms. The topological polar surface area (TPSA) is 94.2 Å². The van der Waals surface area contributed by atoms with Crippen molar-refractivity contribution in [3.63, 3.8) is 0 Å². The van der Waals surface area contributed by atoms with Crippen LogP contribution < -0.4 is 10.6 Å². The minimum Gasteiger partial charge on any atom is -0.388 e. The van der Waals surface area contributed by atoms with E-state index in [0.29, 0.717) is 30.4 Å². The van der Waals surface area contributed by atoms with Crippen molar-refractivity contribution in [2.45, 2.75) is 78.1 Å². The number of alkyl halides is 3. The lowest BCUT2D eigenvalue weighted by atomic mass is 9.75. The summed E-state index contributed by atoms with van der Waals surface area (Å²) in [5.74, 6) is -1.24. The third kappa shape index (κ3) is 5.63. The third-order valence-corrected chi connectivity index (χ3v) is 6.30. The predicted octanol–water partition coefficient (Wildman–Crippen LogP) is 5.28. The Hall–Kier alpha value is -2.81. The number of aliphatic hydroxyl groups excluding tert-OH is 1. The van der Waals surface area contributed by atoms with Gasteiger partial charge in [-0.15, -0.1) is 0 Å². The third-order valence-electron chi connectivity index (χ3n) is 6.30. The Balaban J connectivity index is 1.83. The number of carbonyl (C=O) groups is 2. The minimum absolute atomic E-state index is 0.132. The van der Waals surface area contributed by atoms with Crippen molar-refractivity contribution < 1.29 is 27.9 Å². The van der Waals surface area contributed by atoms with E-state index in [1.54, 1.807) is 6.92 Å². The van der Waals surface area contributed by atoms with Gasteiger partial charge >= 0.3 is 6.18 Å². The molecule has 186 valence electrons. The van der Waals surface area contributed by atoms with Crippen molar-refractivity contribution in [2.24, 2.45) is 5.41 Å². The highest BCUT2D eigenvalue weighted by Crippen LogP contribution is 2.42. The maximum atomic E-state index is 13.3. The van der Waals surface area contributed by atoms with Crippen LogP contribution in [0.3, 0.4) is 0 Å². The average Bonchev–Trinajstić information content (AvgIpc) is 3.05. The second-order valence-electron chi connectivity index (χ2n) is 9.78. The maximum absolute atomic E-state index is 13.3. The Labute approximate surface area is 197 Å². The van der Waals surface area contributed by atoms with Gasteiger partial charge < -0.3 is 20.7 Å². The molecule has 0 aliphatic heterocycles. The Bertz CT molecular complexity index is 1060. The van der Waals surface area contributed by atoms with E-state index in [9.17, 15) is 27.9 Å². The summed E-state index contributed by atoms with van der Waals surface area (Å²) in [7, 11) is 0. The molecule has 1 aromatic carbocycles. The standard InChI is InChI=1S/C25H32F3N3O3/c1-5-6-10-17(22(33)30-16-11-8-7-9-15(16)25(26,27)28)31-23(34)21-14(2)20-18(29-21)12-24(3,4)13-19(20)32/h7-9,11,17,19,29,32H,5-6,10,12-13H2,1-4H3,(H,30,33)(H,31,34). The fraction of sp³-hybridized carbons (Fsp3) is 0.520. The number of halogens is 3. The number of aromatic amines is 1. The summed E-state index contributed by atoms with van der Waals surface area (Å²) in [6, 6.07) is 3.72. The van der Waals surface area contributed by atoms with Crippen molar-refractivity contribution in [1.82, 2.24) is 10.3 Å². The largest absolute Gasteiger partial charge is 0.418 e. The van der Waals surface area contributed by atoms with Crippen molar-refractivity contribution >= 4 is 17.5 Å². The minimum atomic E-state index is -4.62. The average molecular weight is 480 g/mol. The molecule has 2 unspecified atom stereocenters. The van der Waals surface area contributed by atoms with Crippen molar-refractivity contribution in [3.05, 3.63) is 52.3 Å². The Kier molecular flexibility index (Phi) is 7.45. The van der Waals surface area contributed by atoms with Crippen molar-refractivity contribution in [1.29, 1.82) is 0 Å². The van der Waals surface area contributed by atoms with Gasteiger partial charge in [0.1, 0.15) is 11.7 Å². The molecule has 1 aromatic heterocycles. The number of carbonyl (C=O) groups excluding carboxylic acids is 2. The second kappa shape index (κ2) is 9.82. The molecule has 2 aromatic rings. The lowest BCUT2D eigenvalue weighted by molar-refractivity contribution is -0.137. The highest BCUT2D eigenvalue weighted by atomic mass is 19.4. The molecule has 0 saturated heterocycles. The molecule has 0 fully saturated rings. The number of hydrogen-bond donors (Lipinski definition) is 4. The first kappa shape index (κ1) is 25.8. The predicted molar refractivity (Wildman–Crippen MR) is 123 cm³/mol. The van der Waals surface area contributed by atoms with Gasteiger partial charge in [0.2, 0.25) is 5.91 Å². The molecule has 0 saturated carbocycles. The molecule has 6 nitrogen and oxygen atoms in total. The lowest BCUT2D eigenvalue weighted by Crippen LogP contribution is -2.44. The first-order valence-corrected chi connectivity index (χ1v) is 11.5. The van der Waals surface area contributed by atoms with E-state index in [1.807, 2.05) is 20.8 Å². The van der Waals surface area contributed by atoms with E-state index in [-0.39, 0.29) is 23.2 Å².